The lowest BCUT2D eigenvalue weighted by molar-refractivity contribution is -0.198. The van der Waals surface area contributed by atoms with E-state index in [1.165, 1.54) is 23.0 Å². The van der Waals surface area contributed by atoms with Crippen LogP contribution in [0.3, 0.4) is 0 Å². The summed E-state index contributed by atoms with van der Waals surface area (Å²) in [6.07, 6.45) is 9.69. The molecule has 4 atom stereocenters. The zero-order valence-electron chi connectivity index (χ0n) is 40.9. The predicted molar refractivity (Wildman–Crippen MR) is 288 cm³/mol. The van der Waals surface area contributed by atoms with Crippen molar-refractivity contribution in [2.24, 2.45) is 0 Å². The zero-order chi connectivity index (χ0) is 49.5. The Bertz CT molecular complexity index is 3830. The van der Waals surface area contributed by atoms with Crippen LogP contribution in [-0.4, -0.2) is 70.2 Å². The van der Waals surface area contributed by atoms with Crippen molar-refractivity contribution in [2.75, 3.05) is 12.3 Å². The van der Waals surface area contributed by atoms with E-state index in [2.05, 4.69) is 179 Å². The van der Waals surface area contributed by atoms with Crippen molar-refractivity contribution >= 4 is 63.4 Å². The number of aromatic amines is 2. The Kier molecular flexibility index (Phi) is 10.6. The number of nitrogen functional groups attached to an aromatic ring is 1. The normalized spacial score (nSPS) is 18.7. The lowest BCUT2D eigenvalue weighted by Crippen LogP contribution is -2.33. The van der Waals surface area contributed by atoms with Crippen LogP contribution >= 0.6 is 0 Å². The molecule has 9 aromatic rings. The second kappa shape index (κ2) is 17.4. The smallest absolute Gasteiger partial charge is 0.167 e. The second-order valence-electron chi connectivity index (χ2n) is 19.6. The van der Waals surface area contributed by atoms with E-state index >= 15 is 0 Å². The highest BCUT2D eigenvalue weighted by atomic mass is 16.8. The summed E-state index contributed by atoms with van der Waals surface area (Å²) in [5.41, 5.74) is 25.9. The third kappa shape index (κ3) is 7.98. The summed E-state index contributed by atoms with van der Waals surface area (Å²) in [5, 5.41) is 0. The van der Waals surface area contributed by atoms with Crippen molar-refractivity contribution < 1.29 is 18.9 Å². The molecule has 0 saturated carbocycles. The molecule has 0 spiro atoms. The number of hydrogen-bond acceptors (Lipinski definition) is 10. The lowest BCUT2D eigenvalue weighted by atomic mass is 10.0. The minimum absolute atomic E-state index is 0.210. The summed E-state index contributed by atoms with van der Waals surface area (Å²) in [6, 6.07) is 42.7. The van der Waals surface area contributed by atoms with Gasteiger partial charge in [0.25, 0.3) is 0 Å². The van der Waals surface area contributed by atoms with Crippen LogP contribution < -0.4 is 10.5 Å². The van der Waals surface area contributed by atoms with Crippen LogP contribution in [0.15, 0.2) is 134 Å². The molecule has 2 saturated heterocycles. The van der Waals surface area contributed by atoms with E-state index in [0.29, 0.717) is 22.7 Å². The van der Waals surface area contributed by atoms with Gasteiger partial charge in [0.2, 0.25) is 0 Å². The average molecular weight is 962 g/mol. The summed E-state index contributed by atoms with van der Waals surface area (Å²) >= 11 is 0. The molecule has 13 nitrogen and oxygen atoms in total. The molecule has 5 aromatic heterocycles. The van der Waals surface area contributed by atoms with Crippen LogP contribution in [0, 0.1) is 20.8 Å². The Morgan fingerprint density at radius 1 is 0.548 bits per heavy atom. The number of fused-ring (bicyclic) bond motifs is 10. The van der Waals surface area contributed by atoms with Crippen molar-refractivity contribution in [3.63, 3.8) is 0 Å². The Morgan fingerprint density at radius 2 is 0.973 bits per heavy atom. The molecule has 8 bridgehead atoms. The molecule has 9 heterocycles. The van der Waals surface area contributed by atoms with Gasteiger partial charge in [-0.05, 0) is 118 Å². The standard InChI is InChI=1S/C60H51N9O4/c1-33-6-12-36(13-7-33)50-41-22-24-43(65-41)51(37-14-8-34(2)9-15-37)45-26-28-47(67-45)53(48-29-27-46(68-48)52(44-25-23-42(50)66-44)38-16-10-35(3)11-17-38)39-18-20-40(21-19-39)70-30-49-55-56(73-60(4,5)72-55)59(71-49)69-32-64-54-57(61)62-31-63-58(54)69/h6-29,31-32,49,55-56,59,65,68H,30H2,1-5H3,(H2,61,62,63)/t49-,55-,56-,59-/m1/s1. The maximum absolute atomic E-state index is 6.64. The number of imidazole rings is 1. The molecule has 4 aliphatic rings. The molecule has 360 valence electrons. The molecule has 0 radical (unpaired) electrons. The van der Waals surface area contributed by atoms with E-state index in [1.807, 2.05) is 30.5 Å². The number of benzene rings is 4. The van der Waals surface area contributed by atoms with Gasteiger partial charge in [-0.25, -0.2) is 24.9 Å². The van der Waals surface area contributed by atoms with Crippen LogP contribution in [0.4, 0.5) is 5.82 Å². The number of aromatic nitrogens is 8. The number of anilines is 1. The molecular formula is C60H51N9O4. The molecule has 0 amide bonds. The monoisotopic (exact) mass is 961 g/mol. The minimum Gasteiger partial charge on any atom is -0.491 e. The Balaban J connectivity index is 0.946. The second-order valence-corrected chi connectivity index (χ2v) is 19.6. The highest BCUT2D eigenvalue weighted by molar-refractivity contribution is 6.00. The van der Waals surface area contributed by atoms with Gasteiger partial charge in [-0.2, -0.15) is 0 Å². The van der Waals surface area contributed by atoms with Crippen molar-refractivity contribution in [2.45, 2.75) is 64.9 Å². The fourth-order valence-electron chi connectivity index (χ4n) is 10.6. The van der Waals surface area contributed by atoms with Gasteiger partial charge in [-0.3, -0.25) is 4.57 Å². The molecule has 0 unspecified atom stereocenters. The maximum atomic E-state index is 6.64. The minimum atomic E-state index is -0.829. The van der Waals surface area contributed by atoms with E-state index < -0.39 is 30.3 Å². The van der Waals surface area contributed by atoms with Crippen molar-refractivity contribution in [1.29, 1.82) is 0 Å². The first-order valence-electron chi connectivity index (χ1n) is 24.5. The van der Waals surface area contributed by atoms with Gasteiger partial charge < -0.3 is 34.6 Å². The van der Waals surface area contributed by atoms with E-state index in [0.717, 1.165) is 89.4 Å². The number of nitrogens with one attached hydrogen (secondary N) is 2. The zero-order valence-corrected chi connectivity index (χ0v) is 40.9. The molecule has 4 aliphatic heterocycles. The number of H-pyrrole nitrogens is 2. The summed E-state index contributed by atoms with van der Waals surface area (Å²) in [7, 11) is 0. The van der Waals surface area contributed by atoms with E-state index in [1.54, 1.807) is 6.33 Å². The number of nitrogens with zero attached hydrogens (tertiary/aromatic N) is 6. The fourth-order valence-corrected chi connectivity index (χ4v) is 10.6. The van der Waals surface area contributed by atoms with Gasteiger partial charge in [0.15, 0.2) is 23.5 Å². The van der Waals surface area contributed by atoms with Crippen LogP contribution in [-0.2, 0) is 14.2 Å². The molecule has 73 heavy (non-hydrogen) atoms. The summed E-state index contributed by atoms with van der Waals surface area (Å²) in [4.78, 5) is 31.7. The molecule has 2 fully saturated rings. The largest absolute Gasteiger partial charge is 0.491 e. The van der Waals surface area contributed by atoms with Crippen molar-refractivity contribution in [3.05, 3.63) is 173 Å². The Hall–Kier alpha value is -8.49. The quantitative estimate of drug-likeness (QED) is 0.134. The number of hydrogen-bond donors (Lipinski definition) is 3. The first-order chi connectivity index (χ1) is 35.5. The first kappa shape index (κ1) is 44.5. The van der Waals surface area contributed by atoms with E-state index in [9.17, 15) is 0 Å². The summed E-state index contributed by atoms with van der Waals surface area (Å²) < 4.78 is 27.8. The molecule has 4 aromatic carbocycles. The summed E-state index contributed by atoms with van der Waals surface area (Å²) in [5.74, 6) is 0.136. The van der Waals surface area contributed by atoms with E-state index in [4.69, 9.17) is 34.6 Å². The number of aryl methyl sites for hydroxylation is 3. The topological polar surface area (TPSA) is 164 Å². The molecule has 0 aliphatic carbocycles. The van der Waals surface area contributed by atoms with Crippen LogP contribution in [0.5, 0.6) is 5.75 Å². The fraction of sp³-hybridized carbons (Fsp3) is 0.183. The number of nitrogens with two attached hydrogens (primary N) is 1. The first-order valence-corrected chi connectivity index (χ1v) is 24.5. The highest BCUT2D eigenvalue weighted by Gasteiger charge is 2.56. The van der Waals surface area contributed by atoms with Gasteiger partial charge >= 0.3 is 0 Å². The Labute approximate surface area is 421 Å². The van der Waals surface area contributed by atoms with Gasteiger partial charge in [0.05, 0.1) is 29.1 Å². The Morgan fingerprint density at radius 3 is 1.42 bits per heavy atom. The molecule has 13 rings (SSSR count). The third-order valence-corrected chi connectivity index (χ3v) is 14.1. The third-order valence-electron chi connectivity index (χ3n) is 14.1. The maximum Gasteiger partial charge on any atom is 0.167 e. The molecule has 4 N–H and O–H groups in total. The van der Waals surface area contributed by atoms with E-state index in [-0.39, 0.29) is 6.61 Å². The van der Waals surface area contributed by atoms with Crippen LogP contribution in [0.2, 0.25) is 0 Å². The number of ether oxygens (including phenoxy) is 4. The average Bonchev–Trinajstić information content (AvgIpc) is 4.27. The lowest BCUT2D eigenvalue weighted by Gasteiger charge is -2.24. The van der Waals surface area contributed by atoms with Crippen LogP contribution in [0.1, 0.15) is 59.5 Å². The number of rotatable bonds is 8. The van der Waals surface area contributed by atoms with Crippen molar-refractivity contribution in [3.8, 4) is 50.3 Å². The summed E-state index contributed by atoms with van der Waals surface area (Å²) in [6.45, 7) is 10.4. The predicted octanol–water partition coefficient (Wildman–Crippen LogP) is 12.5. The van der Waals surface area contributed by atoms with Crippen LogP contribution in [0.25, 0.3) is 102 Å². The highest BCUT2D eigenvalue weighted by Crippen LogP contribution is 2.45. The van der Waals surface area contributed by atoms with Gasteiger partial charge in [0, 0.05) is 44.3 Å². The van der Waals surface area contributed by atoms with Gasteiger partial charge in [-0.1, -0.05) is 102 Å². The SMILES string of the molecule is Cc1ccc(-c2c3nc(c(-c4ccc(C)cc4)c4ccc([nH]4)c(-c4ccc(OC[C@H]5O[C@@H](n6cnc7c(N)ncnc76)[C@@H]6OC(C)(C)O[C@@H]65)cc4)c4nc(c(-c5ccc(C)cc5)c5ccc2[nH]5)C=C4)C=C3)cc1. The van der Waals surface area contributed by atoms with Gasteiger partial charge in [0.1, 0.15) is 42.5 Å². The molecular weight excluding hydrogens is 911 g/mol. The van der Waals surface area contributed by atoms with Crippen molar-refractivity contribution in [1.82, 2.24) is 39.5 Å². The van der Waals surface area contributed by atoms with Gasteiger partial charge in [-0.15, -0.1) is 0 Å². The molecule has 13 heteroatoms.